The van der Waals surface area contributed by atoms with Crippen LogP contribution in [0.3, 0.4) is 0 Å². The van der Waals surface area contributed by atoms with E-state index in [2.05, 4.69) is 17.1 Å². The first kappa shape index (κ1) is 9.98. The Bertz CT molecular complexity index is 418. The number of rotatable bonds is 4. The fraction of sp³-hybridized carbons (Fsp3) is 0.364. The van der Waals surface area contributed by atoms with Gasteiger partial charge in [0.25, 0.3) is 0 Å². The van der Waals surface area contributed by atoms with Gasteiger partial charge >= 0.3 is 0 Å². The molecule has 0 fully saturated rings. The minimum Gasteiger partial charge on any atom is -0.463 e. The summed E-state index contributed by atoms with van der Waals surface area (Å²) in [6.45, 7) is 2.18. The van der Waals surface area contributed by atoms with E-state index in [1.165, 1.54) is 0 Å². The van der Waals surface area contributed by atoms with Crippen LogP contribution in [0.2, 0.25) is 0 Å². The average Bonchev–Trinajstić information content (AvgIpc) is 2.85. The van der Waals surface area contributed by atoms with Gasteiger partial charge in [-0.05, 0) is 25.0 Å². The minimum atomic E-state index is 0.125. The van der Waals surface area contributed by atoms with Crippen LogP contribution in [0.1, 0.15) is 18.2 Å². The Morgan fingerprint density at radius 1 is 1.53 bits per heavy atom. The van der Waals surface area contributed by atoms with Gasteiger partial charge in [-0.25, -0.2) is 0 Å². The molecule has 4 nitrogen and oxygen atoms in total. The summed E-state index contributed by atoms with van der Waals surface area (Å²) in [5.41, 5.74) is 2.93. The predicted octanol–water partition coefficient (Wildman–Crippen LogP) is 1.77. The molecule has 2 aromatic heterocycles. The number of furan rings is 1. The van der Waals surface area contributed by atoms with E-state index >= 15 is 0 Å². The fourth-order valence-electron chi connectivity index (χ4n) is 1.69. The second kappa shape index (κ2) is 4.31. The molecule has 0 saturated heterocycles. The SMILES string of the molecule is CCc1[nH]nc(-c2ccco2)c1CCO. The minimum absolute atomic E-state index is 0.125. The molecule has 2 rings (SSSR count). The number of H-pyrrole nitrogens is 1. The van der Waals surface area contributed by atoms with Crippen molar-refractivity contribution in [3.63, 3.8) is 0 Å². The Morgan fingerprint density at radius 3 is 3.00 bits per heavy atom. The molecule has 15 heavy (non-hydrogen) atoms. The number of nitrogens with zero attached hydrogens (tertiary/aromatic N) is 1. The number of hydrogen-bond acceptors (Lipinski definition) is 3. The van der Waals surface area contributed by atoms with Crippen LogP contribution in [-0.2, 0) is 12.8 Å². The zero-order valence-corrected chi connectivity index (χ0v) is 8.66. The smallest absolute Gasteiger partial charge is 0.154 e. The third-order valence-electron chi connectivity index (χ3n) is 2.42. The predicted molar refractivity (Wildman–Crippen MR) is 56.5 cm³/mol. The van der Waals surface area contributed by atoms with Crippen molar-refractivity contribution < 1.29 is 9.52 Å². The van der Waals surface area contributed by atoms with Gasteiger partial charge < -0.3 is 9.52 Å². The normalized spacial score (nSPS) is 10.8. The number of hydrogen-bond donors (Lipinski definition) is 2. The summed E-state index contributed by atoms with van der Waals surface area (Å²) in [6.07, 6.45) is 3.11. The van der Waals surface area contributed by atoms with E-state index in [1.54, 1.807) is 6.26 Å². The number of nitrogens with one attached hydrogen (secondary N) is 1. The molecule has 4 heteroatoms. The summed E-state index contributed by atoms with van der Waals surface area (Å²) in [4.78, 5) is 0. The van der Waals surface area contributed by atoms with E-state index in [4.69, 9.17) is 9.52 Å². The summed E-state index contributed by atoms with van der Waals surface area (Å²) in [6, 6.07) is 3.70. The first-order valence-corrected chi connectivity index (χ1v) is 5.07. The average molecular weight is 206 g/mol. The molecule has 0 saturated carbocycles. The lowest BCUT2D eigenvalue weighted by Gasteiger charge is -2.00. The number of aliphatic hydroxyl groups excluding tert-OH is 1. The molecule has 0 aliphatic carbocycles. The Morgan fingerprint density at radius 2 is 2.40 bits per heavy atom. The van der Waals surface area contributed by atoms with Crippen LogP contribution in [0, 0.1) is 0 Å². The van der Waals surface area contributed by atoms with Gasteiger partial charge in [-0.3, -0.25) is 5.10 Å². The highest BCUT2D eigenvalue weighted by Gasteiger charge is 2.14. The Balaban J connectivity index is 2.43. The van der Waals surface area contributed by atoms with Gasteiger partial charge in [-0.1, -0.05) is 6.92 Å². The standard InChI is InChI=1S/C11H14N2O2/c1-2-9-8(5-6-14)11(13-12-9)10-4-3-7-15-10/h3-4,7,14H,2,5-6H2,1H3,(H,12,13). The maximum Gasteiger partial charge on any atom is 0.154 e. The lowest BCUT2D eigenvalue weighted by atomic mass is 10.1. The quantitative estimate of drug-likeness (QED) is 0.801. The summed E-state index contributed by atoms with van der Waals surface area (Å²) < 4.78 is 5.30. The Kier molecular flexibility index (Phi) is 2.87. The summed E-state index contributed by atoms with van der Waals surface area (Å²) in [5.74, 6) is 0.745. The molecule has 0 aliphatic rings. The van der Waals surface area contributed by atoms with Crippen molar-refractivity contribution in [3.8, 4) is 11.5 Å². The second-order valence-electron chi connectivity index (χ2n) is 3.33. The molecule has 0 aliphatic heterocycles. The van der Waals surface area contributed by atoms with E-state index in [-0.39, 0.29) is 6.61 Å². The molecule has 0 aromatic carbocycles. The van der Waals surface area contributed by atoms with Crippen molar-refractivity contribution >= 4 is 0 Å². The molecule has 0 radical (unpaired) electrons. The number of aliphatic hydroxyl groups is 1. The lowest BCUT2D eigenvalue weighted by molar-refractivity contribution is 0.299. The van der Waals surface area contributed by atoms with Crippen LogP contribution in [0.25, 0.3) is 11.5 Å². The van der Waals surface area contributed by atoms with Crippen LogP contribution in [0.5, 0.6) is 0 Å². The highest BCUT2D eigenvalue weighted by Crippen LogP contribution is 2.24. The zero-order valence-electron chi connectivity index (χ0n) is 8.66. The van der Waals surface area contributed by atoms with Gasteiger partial charge in [0.05, 0.1) is 6.26 Å². The van der Waals surface area contributed by atoms with Gasteiger partial charge in [0.2, 0.25) is 0 Å². The highest BCUT2D eigenvalue weighted by molar-refractivity contribution is 5.58. The summed E-state index contributed by atoms with van der Waals surface area (Å²) >= 11 is 0. The van der Waals surface area contributed by atoms with E-state index in [0.717, 1.165) is 29.1 Å². The highest BCUT2D eigenvalue weighted by atomic mass is 16.3. The van der Waals surface area contributed by atoms with Crippen molar-refractivity contribution in [1.82, 2.24) is 10.2 Å². The summed E-state index contributed by atoms with van der Waals surface area (Å²) in [7, 11) is 0. The van der Waals surface area contributed by atoms with Gasteiger partial charge in [-0.2, -0.15) is 5.10 Å². The van der Waals surface area contributed by atoms with Crippen molar-refractivity contribution in [2.24, 2.45) is 0 Å². The van der Waals surface area contributed by atoms with Crippen molar-refractivity contribution in [3.05, 3.63) is 29.7 Å². The number of aromatic amines is 1. The molecule has 0 amide bonds. The summed E-state index contributed by atoms with van der Waals surface area (Å²) in [5, 5.41) is 16.2. The molecule has 0 spiro atoms. The second-order valence-corrected chi connectivity index (χ2v) is 3.33. The third-order valence-corrected chi connectivity index (χ3v) is 2.42. The lowest BCUT2D eigenvalue weighted by Crippen LogP contribution is -1.95. The van der Waals surface area contributed by atoms with Crippen molar-refractivity contribution in [2.75, 3.05) is 6.61 Å². The van der Waals surface area contributed by atoms with Crippen LogP contribution in [-0.4, -0.2) is 21.9 Å². The van der Waals surface area contributed by atoms with Crippen LogP contribution in [0.4, 0.5) is 0 Å². The first-order chi connectivity index (χ1) is 7.36. The molecule has 2 aromatic rings. The molecule has 2 N–H and O–H groups in total. The number of aryl methyl sites for hydroxylation is 1. The zero-order chi connectivity index (χ0) is 10.7. The molecular formula is C11H14N2O2. The van der Waals surface area contributed by atoms with Crippen molar-refractivity contribution in [1.29, 1.82) is 0 Å². The molecular weight excluding hydrogens is 192 g/mol. The Hall–Kier alpha value is -1.55. The molecule has 0 bridgehead atoms. The van der Waals surface area contributed by atoms with Crippen molar-refractivity contribution in [2.45, 2.75) is 19.8 Å². The van der Waals surface area contributed by atoms with Crippen LogP contribution < -0.4 is 0 Å². The van der Waals surface area contributed by atoms with Crippen LogP contribution >= 0.6 is 0 Å². The first-order valence-electron chi connectivity index (χ1n) is 5.07. The maximum atomic E-state index is 9.01. The largest absolute Gasteiger partial charge is 0.463 e. The number of aromatic nitrogens is 2. The van der Waals surface area contributed by atoms with Crippen LogP contribution in [0.15, 0.2) is 22.8 Å². The third kappa shape index (κ3) is 1.80. The molecule has 0 unspecified atom stereocenters. The molecule has 0 atom stereocenters. The van der Waals surface area contributed by atoms with Gasteiger partial charge in [0.15, 0.2) is 5.76 Å². The maximum absolute atomic E-state index is 9.01. The van der Waals surface area contributed by atoms with E-state index < -0.39 is 0 Å². The Labute approximate surface area is 87.9 Å². The van der Waals surface area contributed by atoms with E-state index in [0.29, 0.717) is 6.42 Å². The van der Waals surface area contributed by atoms with Gasteiger partial charge in [0, 0.05) is 17.9 Å². The fourth-order valence-corrected chi connectivity index (χ4v) is 1.69. The molecule has 2 heterocycles. The van der Waals surface area contributed by atoms with E-state index in [1.807, 2.05) is 12.1 Å². The van der Waals surface area contributed by atoms with Gasteiger partial charge in [0.1, 0.15) is 5.69 Å². The van der Waals surface area contributed by atoms with Gasteiger partial charge in [-0.15, -0.1) is 0 Å². The monoisotopic (exact) mass is 206 g/mol. The van der Waals surface area contributed by atoms with E-state index in [9.17, 15) is 0 Å². The topological polar surface area (TPSA) is 62.0 Å². The molecule has 80 valence electrons.